The summed E-state index contributed by atoms with van der Waals surface area (Å²) in [6.45, 7) is 3.53. The zero-order valence-electron chi connectivity index (χ0n) is 8.62. The van der Waals surface area contributed by atoms with E-state index in [9.17, 15) is 4.79 Å². The number of carbonyl (C=O) groups is 1. The first-order chi connectivity index (χ1) is 6.95. The van der Waals surface area contributed by atoms with Crippen LogP contribution >= 0.6 is 15.9 Å². The van der Waals surface area contributed by atoms with Gasteiger partial charge in [-0.15, -0.1) is 0 Å². The number of carbonyl (C=O) groups excluding carboxylic acids is 1. The lowest BCUT2D eigenvalue weighted by molar-refractivity contribution is -0.120. The molecule has 1 unspecified atom stereocenters. The number of nitrogens with zero attached hydrogens (tertiary/aromatic N) is 2. The van der Waals surface area contributed by atoms with Crippen molar-refractivity contribution in [2.75, 3.05) is 5.32 Å². The normalized spacial score (nSPS) is 14.4. The molecule has 0 saturated carbocycles. The van der Waals surface area contributed by atoms with Crippen LogP contribution in [0.4, 0.5) is 5.82 Å². The summed E-state index contributed by atoms with van der Waals surface area (Å²) < 4.78 is 0.617. The average Bonchev–Trinajstić information content (AvgIpc) is 2.21. The number of nitrogens with two attached hydrogens (primary N) is 1. The summed E-state index contributed by atoms with van der Waals surface area (Å²) in [6, 6.07) is 0. The molecule has 0 fully saturated rings. The molecule has 0 radical (unpaired) electrons. The molecule has 1 atom stereocenters. The van der Waals surface area contributed by atoms with Crippen LogP contribution in [0.3, 0.4) is 0 Å². The van der Waals surface area contributed by atoms with Crippen LogP contribution in [0.15, 0.2) is 17.0 Å². The largest absolute Gasteiger partial charge is 0.318 e. The maximum absolute atomic E-state index is 11.6. The lowest BCUT2D eigenvalue weighted by Gasteiger charge is -2.20. The van der Waals surface area contributed by atoms with E-state index in [1.165, 1.54) is 12.4 Å². The Bertz CT molecular complexity index is 350. The van der Waals surface area contributed by atoms with Gasteiger partial charge in [-0.3, -0.25) is 4.79 Å². The van der Waals surface area contributed by atoms with E-state index in [1.54, 1.807) is 6.92 Å². The van der Waals surface area contributed by atoms with Gasteiger partial charge in [-0.05, 0) is 29.3 Å². The summed E-state index contributed by atoms with van der Waals surface area (Å²) in [4.78, 5) is 19.5. The van der Waals surface area contributed by atoms with E-state index in [1.807, 2.05) is 6.92 Å². The highest BCUT2D eigenvalue weighted by Gasteiger charge is 2.26. The average molecular weight is 273 g/mol. The molecule has 3 N–H and O–H groups in total. The maximum Gasteiger partial charge on any atom is 0.245 e. The quantitative estimate of drug-likeness (QED) is 0.869. The molecule has 0 aliphatic carbocycles. The van der Waals surface area contributed by atoms with Crippen molar-refractivity contribution < 1.29 is 4.79 Å². The van der Waals surface area contributed by atoms with Crippen LogP contribution in [-0.2, 0) is 4.79 Å². The molecule has 0 aliphatic rings. The molecule has 1 rings (SSSR count). The summed E-state index contributed by atoms with van der Waals surface area (Å²) in [7, 11) is 0. The predicted octanol–water partition coefficient (Wildman–Crippen LogP) is 1.30. The van der Waals surface area contributed by atoms with Gasteiger partial charge in [0.05, 0.1) is 17.9 Å². The highest BCUT2D eigenvalue weighted by atomic mass is 79.9. The van der Waals surface area contributed by atoms with Crippen molar-refractivity contribution in [1.29, 1.82) is 0 Å². The minimum atomic E-state index is -0.880. The van der Waals surface area contributed by atoms with Gasteiger partial charge in [-0.1, -0.05) is 6.92 Å². The molecule has 5 nitrogen and oxygen atoms in total. The summed E-state index contributed by atoms with van der Waals surface area (Å²) in [6.07, 6.45) is 3.53. The molecular formula is C9H13BrN4O. The molecule has 0 bridgehead atoms. The third-order valence-corrected chi connectivity index (χ3v) is 2.52. The Hall–Kier alpha value is -1.01. The maximum atomic E-state index is 11.6. The monoisotopic (exact) mass is 272 g/mol. The van der Waals surface area contributed by atoms with Crippen LogP contribution in [0.2, 0.25) is 0 Å². The van der Waals surface area contributed by atoms with Crippen molar-refractivity contribution in [3.05, 3.63) is 17.0 Å². The topological polar surface area (TPSA) is 80.9 Å². The number of aromatic nitrogens is 2. The van der Waals surface area contributed by atoms with Crippen molar-refractivity contribution in [3.8, 4) is 0 Å². The molecular weight excluding hydrogens is 260 g/mol. The summed E-state index contributed by atoms with van der Waals surface area (Å²) in [5.41, 5.74) is 4.89. The Labute approximate surface area is 96.6 Å². The minimum Gasteiger partial charge on any atom is -0.318 e. The van der Waals surface area contributed by atoms with Gasteiger partial charge in [-0.25, -0.2) is 9.97 Å². The van der Waals surface area contributed by atoms with Crippen LogP contribution in [-0.4, -0.2) is 21.4 Å². The van der Waals surface area contributed by atoms with Gasteiger partial charge in [0, 0.05) is 0 Å². The number of nitrogens with one attached hydrogen (secondary N) is 1. The fourth-order valence-electron chi connectivity index (χ4n) is 0.796. The van der Waals surface area contributed by atoms with E-state index in [2.05, 4.69) is 31.2 Å². The SMILES string of the molecule is CCC(C)(N)C(=O)Nc1cnc(Br)cn1. The summed E-state index contributed by atoms with van der Waals surface area (Å²) in [5, 5.41) is 2.60. The third-order valence-electron chi connectivity index (χ3n) is 2.12. The highest BCUT2D eigenvalue weighted by Crippen LogP contribution is 2.10. The van der Waals surface area contributed by atoms with Crippen LogP contribution in [0.25, 0.3) is 0 Å². The van der Waals surface area contributed by atoms with Crippen LogP contribution in [0, 0.1) is 0 Å². The van der Waals surface area contributed by atoms with Crippen molar-refractivity contribution in [1.82, 2.24) is 9.97 Å². The summed E-state index contributed by atoms with van der Waals surface area (Å²) >= 11 is 3.15. The second-order valence-corrected chi connectivity index (χ2v) is 4.26. The van der Waals surface area contributed by atoms with Crippen LogP contribution in [0.1, 0.15) is 20.3 Å². The Morgan fingerprint density at radius 1 is 1.60 bits per heavy atom. The Balaban J connectivity index is 2.71. The first-order valence-electron chi connectivity index (χ1n) is 4.53. The molecule has 82 valence electrons. The molecule has 0 spiro atoms. The van der Waals surface area contributed by atoms with Gasteiger partial charge in [0.1, 0.15) is 4.60 Å². The van der Waals surface area contributed by atoms with Gasteiger partial charge in [0.2, 0.25) is 5.91 Å². The van der Waals surface area contributed by atoms with E-state index in [0.717, 1.165) is 0 Å². The van der Waals surface area contributed by atoms with Gasteiger partial charge in [0.25, 0.3) is 0 Å². The number of hydrogen-bond donors (Lipinski definition) is 2. The van der Waals surface area contributed by atoms with Gasteiger partial charge in [-0.2, -0.15) is 0 Å². The van der Waals surface area contributed by atoms with Crippen LogP contribution in [0.5, 0.6) is 0 Å². The molecule has 0 aliphatic heterocycles. The van der Waals surface area contributed by atoms with Crippen molar-refractivity contribution in [2.45, 2.75) is 25.8 Å². The second-order valence-electron chi connectivity index (χ2n) is 3.45. The fourth-order valence-corrected chi connectivity index (χ4v) is 1.00. The smallest absolute Gasteiger partial charge is 0.245 e. The van der Waals surface area contributed by atoms with Crippen LogP contribution < -0.4 is 11.1 Å². The zero-order chi connectivity index (χ0) is 11.5. The number of halogens is 1. The van der Waals surface area contributed by atoms with E-state index < -0.39 is 5.54 Å². The van der Waals surface area contributed by atoms with Gasteiger partial charge in [0.15, 0.2) is 5.82 Å². The first-order valence-corrected chi connectivity index (χ1v) is 5.33. The third kappa shape index (κ3) is 3.24. The number of hydrogen-bond acceptors (Lipinski definition) is 4. The van der Waals surface area contributed by atoms with E-state index in [-0.39, 0.29) is 5.91 Å². The molecule has 6 heteroatoms. The molecule has 0 aromatic carbocycles. The molecule has 1 heterocycles. The van der Waals surface area contributed by atoms with Crippen molar-refractivity contribution in [3.63, 3.8) is 0 Å². The molecule has 1 aromatic rings. The van der Waals surface area contributed by atoms with Crippen molar-refractivity contribution >= 4 is 27.7 Å². The van der Waals surface area contributed by atoms with E-state index >= 15 is 0 Å². The number of amides is 1. The Morgan fingerprint density at radius 2 is 2.27 bits per heavy atom. The first kappa shape index (κ1) is 12.1. The standard InChI is InChI=1S/C9H13BrN4O/c1-3-9(2,11)8(15)14-7-5-12-6(10)4-13-7/h4-5H,3,11H2,1-2H3,(H,13,14,15). The number of anilines is 1. The predicted molar refractivity (Wildman–Crippen MR) is 61.2 cm³/mol. The van der Waals surface area contributed by atoms with Gasteiger partial charge < -0.3 is 11.1 Å². The summed E-state index contributed by atoms with van der Waals surface area (Å²) in [5.74, 6) is 0.134. The minimum absolute atomic E-state index is 0.262. The number of rotatable bonds is 3. The lowest BCUT2D eigenvalue weighted by Crippen LogP contribution is -2.47. The highest BCUT2D eigenvalue weighted by molar-refractivity contribution is 9.10. The second kappa shape index (κ2) is 4.67. The molecule has 0 saturated heterocycles. The van der Waals surface area contributed by atoms with E-state index in [4.69, 9.17) is 5.73 Å². The van der Waals surface area contributed by atoms with Crippen molar-refractivity contribution in [2.24, 2.45) is 5.73 Å². The zero-order valence-corrected chi connectivity index (χ0v) is 10.2. The van der Waals surface area contributed by atoms with E-state index in [0.29, 0.717) is 16.8 Å². The van der Waals surface area contributed by atoms with Gasteiger partial charge >= 0.3 is 0 Å². The molecule has 1 aromatic heterocycles. The molecule has 15 heavy (non-hydrogen) atoms. The lowest BCUT2D eigenvalue weighted by atomic mass is 10.00. The Morgan fingerprint density at radius 3 is 2.73 bits per heavy atom. The molecule has 1 amide bonds. The Kier molecular flexibility index (Phi) is 3.76. The fraction of sp³-hybridized carbons (Fsp3) is 0.444.